The molecule has 0 aliphatic rings. The van der Waals surface area contributed by atoms with Gasteiger partial charge in [0.2, 0.25) is 0 Å². The highest BCUT2D eigenvalue weighted by atomic mass is 35.5. The molecule has 0 aliphatic carbocycles. The number of aliphatic imine (C=N–C) groups is 1. The minimum atomic E-state index is -0.566. The van der Waals surface area contributed by atoms with Crippen LogP contribution in [0.1, 0.15) is 22.8 Å². The third-order valence-electron chi connectivity index (χ3n) is 4.98. The second kappa shape index (κ2) is 10.6. The summed E-state index contributed by atoms with van der Waals surface area (Å²) < 4.78 is 7.35. The highest BCUT2D eigenvalue weighted by molar-refractivity contribution is 6.29. The van der Waals surface area contributed by atoms with E-state index in [1.165, 1.54) is 23.0 Å². The Morgan fingerprint density at radius 1 is 1.09 bits per heavy atom. The molecule has 4 aromatic rings. The molecule has 0 bridgehead atoms. The lowest BCUT2D eigenvalue weighted by molar-refractivity contribution is 0.102. The molecule has 0 spiro atoms. The minimum absolute atomic E-state index is 0.00583. The number of allylic oxidation sites excluding steroid dienone is 1. The molecule has 0 aliphatic heterocycles. The molecule has 0 atom stereocenters. The zero-order valence-electron chi connectivity index (χ0n) is 18.7. The molecule has 8 nitrogen and oxygen atoms in total. The number of carbonyl (C=O) groups is 1. The molecule has 1 aromatic carbocycles. The zero-order valence-corrected chi connectivity index (χ0v) is 19.4. The van der Waals surface area contributed by atoms with Gasteiger partial charge in [0.05, 0.1) is 18.1 Å². The maximum atomic E-state index is 12.8. The summed E-state index contributed by atoms with van der Waals surface area (Å²) in [6.07, 6.45) is 6.32. The number of anilines is 1. The number of amides is 1. The van der Waals surface area contributed by atoms with Crippen LogP contribution in [-0.4, -0.2) is 27.2 Å². The number of nitrogens with one attached hydrogen (secondary N) is 1. The topological polar surface area (TPSA) is 98.5 Å². The van der Waals surface area contributed by atoms with E-state index in [4.69, 9.17) is 16.3 Å². The Kier molecular flexibility index (Phi) is 7.13. The summed E-state index contributed by atoms with van der Waals surface area (Å²) in [6, 6.07) is 17.0. The summed E-state index contributed by atoms with van der Waals surface area (Å²) in [5, 5.41) is 2.94. The van der Waals surface area contributed by atoms with Gasteiger partial charge < -0.3 is 10.1 Å². The third kappa shape index (κ3) is 5.34. The number of pyridine rings is 3. The van der Waals surface area contributed by atoms with Gasteiger partial charge >= 0.3 is 0 Å². The lowest BCUT2D eigenvalue weighted by Crippen LogP contribution is -2.28. The van der Waals surface area contributed by atoms with Crippen LogP contribution in [0.25, 0.3) is 11.4 Å². The van der Waals surface area contributed by atoms with Gasteiger partial charge in [0, 0.05) is 17.4 Å². The zero-order chi connectivity index (χ0) is 24.8. The Morgan fingerprint density at radius 2 is 1.89 bits per heavy atom. The maximum absolute atomic E-state index is 12.8. The van der Waals surface area contributed by atoms with Crippen LogP contribution in [0.3, 0.4) is 0 Å². The lowest BCUT2D eigenvalue weighted by atomic mass is 10.2. The molecule has 4 rings (SSSR count). The first-order chi connectivity index (χ1) is 17.0. The van der Waals surface area contributed by atoms with Crippen LogP contribution in [-0.2, 0) is 0 Å². The molecule has 1 amide bonds. The van der Waals surface area contributed by atoms with Gasteiger partial charge in [-0.15, -0.1) is 0 Å². The van der Waals surface area contributed by atoms with Crippen molar-refractivity contribution in [1.82, 2.24) is 14.5 Å². The van der Waals surface area contributed by atoms with E-state index in [2.05, 4.69) is 27.0 Å². The SMILES string of the molecule is C=Nc1cnc(Cl)cc1/C(=C\C)Oc1ccc(NC(=O)c2cccn(-c3ccccc3)c2=O)nc1. The molecular formula is C26H20ClN5O3. The lowest BCUT2D eigenvalue weighted by Gasteiger charge is -2.12. The van der Waals surface area contributed by atoms with Crippen LogP contribution in [0, 0.1) is 0 Å². The predicted octanol–water partition coefficient (Wildman–Crippen LogP) is 5.31. The van der Waals surface area contributed by atoms with Crippen LogP contribution in [0.4, 0.5) is 11.5 Å². The minimum Gasteiger partial charge on any atom is -0.455 e. The van der Waals surface area contributed by atoms with Crippen LogP contribution in [0.2, 0.25) is 5.15 Å². The quantitative estimate of drug-likeness (QED) is 0.217. The Balaban J connectivity index is 1.50. The van der Waals surface area contributed by atoms with Gasteiger partial charge in [0.1, 0.15) is 28.0 Å². The Morgan fingerprint density at radius 3 is 2.57 bits per heavy atom. The smallest absolute Gasteiger partial charge is 0.267 e. The average molecular weight is 486 g/mol. The number of rotatable bonds is 7. The Labute approximate surface area is 206 Å². The Hall–Kier alpha value is -4.56. The van der Waals surface area contributed by atoms with Crippen molar-refractivity contribution in [3.8, 4) is 11.4 Å². The van der Waals surface area contributed by atoms with Crippen molar-refractivity contribution in [1.29, 1.82) is 0 Å². The normalized spacial score (nSPS) is 11.1. The second-order valence-corrected chi connectivity index (χ2v) is 7.59. The van der Waals surface area contributed by atoms with E-state index in [1.54, 1.807) is 55.6 Å². The van der Waals surface area contributed by atoms with Gasteiger partial charge in [-0.05, 0) is 62.2 Å². The number of nitrogens with zero attached hydrogens (tertiary/aromatic N) is 4. The first kappa shape index (κ1) is 23.6. The van der Waals surface area contributed by atoms with Gasteiger partial charge in [-0.2, -0.15) is 0 Å². The fraction of sp³-hybridized carbons (Fsp3) is 0.0385. The molecular weight excluding hydrogens is 466 g/mol. The number of halogens is 1. The number of aromatic nitrogens is 3. The summed E-state index contributed by atoms with van der Waals surface area (Å²) in [5.41, 5.74) is 1.36. The fourth-order valence-corrected chi connectivity index (χ4v) is 3.46. The van der Waals surface area contributed by atoms with Gasteiger partial charge in [-0.1, -0.05) is 29.8 Å². The second-order valence-electron chi connectivity index (χ2n) is 7.20. The van der Waals surface area contributed by atoms with Crippen molar-refractivity contribution in [2.45, 2.75) is 6.92 Å². The molecule has 3 aromatic heterocycles. The van der Waals surface area contributed by atoms with Gasteiger partial charge in [0.25, 0.3) is 11.5 Å². The van der Waals surface area contributed by atoms with Gasteiger partial charge in [-0.3, -0.25) is 19.1 Å². The molecule has 174 valence electrons. The van der Waals surface area contributed by atoms with Gasteiger partial charge in [0.15, 0.2) is 0 Å². The highest BCUT2D eigenvalue weighted by Gasteiger charge is 2.15. The molecule has 35 heavy (non-hydrogen) atoms. The number of hydrogen-bond acceptors (Lipinski definition) is 6. The molecule has 0 fully saturated rings. The van der Waals surface area contributed by atoms with Crippen LogP contribution in [0.5, 0.6) is 5.75 Å². The summed E-state index contributed by atoms with van der Waals surface area (Å²) in [5.74, 6) is 0.606. The monoisotopic (exact) mass is 485 g/mol. The highest BCUT2D eigenvalue weighted by Crippen LogP contribution is 2.30. The number of hydrogen-bond donors (Lipinski definition) is 1. The third-order valence-corrected chi connectivity index (χ3v) is 5.19. The number of carbonyl (C=O) groups excluding carboxylic acids is 1. The van der Waals surface area contributed by atoms with E-state index in [1.807, 2.05) is 18.2 Å². The number of benzene rings is 1. The molecule has 3 heterocycles. The van der Waals surface area contributed by atoms with Crippen LogP contribution < -0.4 is 15.6 Å². The van der Waals surface area contributed by atoms with Crippen LogP contribution in [0.15, 0.2) is 95.1 Å². The first-order valence-corrected chi connectivity index (χ1v) is 10.9. The maximum Gasteiger partial charge on any atom is 0.267 e. The summed E-state index contributed by atoms with van der Waals surface area (Å²) >= 11 is 6.02. The van der Waals surface area contributed by atoms with E-state index in [0.29, 0.717) is 33.6 Å². The summed E-state index contributed by atoms with van der Waals surface area (Å²) in [7, 11) is 0. The van der Waals surface area contributed by atoms with E-state index >= 15 is 0 Å². The molecule has 0 saturated heterocycles. The summed E-state index contributed by atoms with van der Waals surface area (Å²) in [4.78, 5) is 37.8. The average Bonchev–Trinajstić information content (AvgIpc) is 2.88. The standard InChI is InChI=1S/C26H20ClN5O3/c1-3-22(20-14-23(27)29-16-21(20)28-2)35-18-11-12-24(30-15-18)31-25(33)19-10-7-13-32(26(19)34)17-8-5-4-6-9-17/h3-16H,2H2,1H3,(H,30,31,33)/b22-3+. The number of ether oxygens (including phenoxy) is 1. The molecule has 0 radical (unpaired) electrons. The predicted molar refractivity (Wildman–Crippen MR) is 137 cm³/mol. The first-order valence-electron chi connectivity index (χ1n) is 10.5. The molecule has 0 saturated carbocycles. The van der Waals surface area contributed by atoms with E-state index in [9.17, 15) is 9.59 Å². The largest absolute Gasteiger partial charge is 0.455 e. The Bertz CT molecular complexity index is 1460. The van der Waals surface area contributed by atoms with E-state index in [-0.39, 0.29) is 11.4 Å². The van der Waals surface area contributed by atoms with Crippen molar-refractivity contribution in [2.24, 2.45) is 4.99 Å². The molecule has 9 heteroatoms. The van der Waals surface area contributed by atoms with Crippen molar-refractivity contribution < 1.29 is 9.53 Å². The van der Waals surface area contributed by atoms with Crippen molar-refractivity contribution >= 4 is 41.5 Å². The fourth-order valence-electron chi connectivity index (χ4n) is 3.30. The van der Waals surface area contributed by atoms with Gasteiger partial charge in [-0.25, -0.2) is 9.97 Å². The van der Waals surface area contributed by atoms with E-state index < -0.39 is 11.5 Å². The van der Waals surface area contributed by atoms with E-state index in [0.717, 1.165) is 0 Å². The van der Waals surface area contributed by atoms with Crippen molar-refractivity contribution in [2.75, 3.05) is 5.32 Å². The molecule has 1 N–H and O–H groups in total. The van der Waals surface area contributed by atoms with Crippen LogP contribution >= 0.6 is 11.6 Å². The van der Waals surface area contributed by atoms with Crippen molar-refractivity contribution in [3.05, 3.63) is 112 Å². The molecule has 0 unspecified atom stereocenters. The number of para-hydroxylation sites is 1. The summed E-state index contributed by atoms with van der Waals surface area (Å²) in [6.45, 7) is 5.35. The van der Waals surface area contributed by atoms with Crippen molar-refractivity contribution in [3.63, 3.8) is 0 Å².